The second-order valence-corrected chi connectivity index (χ2v) is 0.519. The fraction of sp³-hybridized carbons (Fsp3) is 0.500. The van der Waals surface area contributed by atoms with Crippen LogP contribution in [0.15, 0.2) is 0 Å². The quantitative estimate of drug-likeness (QED) is 0.509. The molecule has 2 nitrogen and oxygen atoms in total. The van der Waals surface area contributed by atoms with E-state index < -0.39 is 5.97 Å². The number of carboxylic acids is 1. The maximum Gasteiger partial charge on any atom is 0 e. The van der Waals surface area contributed by atoms with Gasteiger partial charge in [-0.1, -0.05) is 0 Å². The zero-order chi connectivity index (χ0) is 3.58. The van der Waals surface area contributed by atoms with Gasteiger partial charge in [-0.25, -0.2) is 0 Å². The molecule has 0 unspecified atom stereocenters. The first-order chi connectivity index (χ1) is 1.73. The number of aliphatic carboxylic acids is 1. The monoisotopic (exact) mass is 181 g/mol. The minimum absolute atomic E-state index is 0. The van der Waals surface area contributed by atoms with Crippen molar-refractivity contribution in [2.24, 2.45) is 0 Å². The molecule has 0 fully saturated rings. The summed E-state index contributed by atoms with van der Waals surface area (Å²) in [7, 11) is 0. The molecule has 0 saturated heterocycles. The summed E-state index contributed by atoms with van der Waals surface area (Å²) in [6.07, 6.45) is 0. The van der Waals surface area contributed by atoms with E-state index in [1.165, 1.54) is 0 Å². The predicted octanol–water partition coefficient (Wildman–Crippen LogP) is -0.563. The van der Waals surface area contributed by atoms with Crippen molar-refractivity contribution in [3.63, 3.8) is 0 Å². The van der Waals surface area contributed by atoms with Crippen molar-refractivity contribution in [1.29, 1.82) is 0 Å². The molecule has 0 aromatic carbocycles. The van der Waals surface area contributed by atoms with E-state index in [1.807, 2.05) is 0 Å². The Morgan fingerprint density at radius 1 is 1.57 bits per heavy atom. The third-order valence-corrected chi connectivity index (χ3v) is 0. The maximum atomic E-state index is 9.00. The summed E-state index contributed by atoms with van der Waals surface area (Å²) in [5, 5.41) is 7.42. The Labute approximate surface area is 75.0 Å². The van der Waals surface area contributed by atoms with Gasteiger partial charge in [-0.05, 0) is 0 Å². The first-order valence-corrected chi connectivity index (χ1v) is 0.928. The molecule has 0 bridgehead atoms. The molecule has 0 atom stereocenters. The minimum atomic E-state index is -0.833. The number of hydrogen-bond acceptors (Lipinski definition) is 1. The average Bonchev–Trinajstić information content (AvgIpc) is 0.811. The molecule has 0 aromatic rings. The Morgan fingerprint density at radius 3 is 1.57 bits per heavy atom. The molecule has 0 amide bonds. The zero-order valence-corrected chi connectivity index (χ0v) is 5.22. The number of rotatable bonds is 0. The molecule has 0 spiro atoms. The van der Waals surface area contributed by atoms with Gasteiger partial charge in [0.15, 0.2) is 0 Å². The molecule has 0 rings (SSSR count). The predicted molar refractivity (Wildman–Crippen MR) is 20.5 cm³/mol. The zero-order valence-electron chi connectivity index (χ0n) is 3.05. The van der Waals surface area contributed by atoms with Crippen LogP contribution in [0.3, 0.4) is 0 Å². The SMILES string of the molecule is CC(=O)O.[LiH].[Mn].[Ni]. The average molecular weight is 182 g/mol. The van der Waals surface area contributed by atoms with E-state index in [2.05, 4.69) is 0 Å². The van der Waals surface area contributed by atoms with E-state index in [9.17, 15) is 0 Å². The largest absolute Gasteiger partial charge is 0 e. The standard InChI is InChI=1S/C2H4O2.Li.Mn.Ni.H/c1-2(3)4;;;;/h1H3,(H,3,4);;;;. The summed E-state index contributed by atoms with van der Waals surface area (Å²) >= 11 is 0. The van der Waals surface area contributed by atoms with Gasteiger partial charge in [-0.3, -0.25) is 4.79 Å². The molecular weight excluding hydrogens is 177 g/mol. The van der Waals surface area contributed by atoms with Gasteiger partial charge in [0.1, 0.15) is 0 Å². The molecule has 5 heteroatoms. The number of carboxylic acid groups (broad SMARTS) is 1. The summed E-state index contributed by atoms with van der Waals surface area (Å²) in [6.45, 7) is 1.08. The van der Waals surface area contributed by atoms with Crippen molar-refractivity contribution in [2.75, 3.05) is 0 Å². The van der Waals surface area contributed by atoms with E-state index >= 15 is 0 Å². The summed E-state index contributed by atoms with van der Waals surface area (Å²) in [5.74, 6) is -0.833. The van der Waals surface area contributed by atoms with Gasteiger partial charge in [0.05, 0.1) is 0 Å². The van der Waals surface area contributed by atoms with Crippen LogP contribution in [0.25, 0.3) is 0 Å². The van der Waals surface area contributed by atoms with Crippen molar-refractivity contribution >= 4 is 24.8 Å². The van der Waals surface area contributed by atoms with Gasteiger partial charge < -0.3 is 5.11 Å². The molecule has 0 aromatic heterocycles. The molecule has 0 aliphatic rings. The van der Waals surface area contributed by atoms with E-state index in [-0.39, 0.29) is 52.4 Å². The summed E-state index contributed by atoms with van der Waals surface area (Å²) in [4.78, 5) is 9.00. The van der Waals surface area contributed by atoms with Crippen LogP contribution in [0.1, 0.15) is 6.92 Å². The Bertz CT molecular complexity index is 38.7. The van der Waals surface area contributed by atoms with Crippen molar-refractivity contribution in [1.82, 2.24) is 0 Å². The second kappa shape index (κ2) is 15.7. The van der Waals surface area contributed by atoms with Crippen LogP contribution in [0.4, 0.5) is 0 Å². The molecule has 43 valence electrons. The van der Waals surface area contributed by atoms with Gasteiger partial charge in [0, 0.05) is 40.5 Å². The number of carbonyl (C=O) groups is 1. The van der Waals surface area contributed by atoms with Crippen molar-refractivity contribution < 1.29 is 43.5 Å². The molecule has 1 N–H and O–H groups in total. The maximum absolute atomic E-state index is 9.00. The normalized spacial score (nSPS) is 3.57. The van der Waals surface area contributed by atoms with Gasteiger partial charge in [-0.2, -0.15) is 0 Å². The van der Waals surface area contributed by atoms with Crippen LogP contribution in [0.2, 0.25) is 0 Å². The van der Waals surface area contributed by atoms with Crippen molar-refractivity contribution in [3.8, 4) is 0 Å². The second-order valence-electron chi connectivity index (χ2n) is 0.519. The van der Waals surface area contributed by atoms with Crippen molar-refractivity contribution in [2.45, 2.75) is 6.92 Å². The van der Waals surface area contributed by atoms with Crippen LogP contribution in [-0.4, -0.2) is 29.9 Å². The molecule has 0 saturated carbocycles. The van der Waals surface area contributed by atoms with E-state index in [4.69, 9.17) is 9.90 Å². The van der Waals surface area contributed by atoms with Crippen LogP contribution >= 0.6 is 0 Å². The summed E-state index contributed by atoms with van der Waals surface area (Å²) < 4.78 is 0. The molecule has 0 aliphatic carbocycles. The van der Waals surface area contributed by atoms with Gasteiger partial charge in [0.2, 0.25) is 0 Å². The van der Waals surface area contributed by atoms with Crippen LogP contribution in [0, 0.1) is 0 Å². The Morgan fingerprint density at radius 2 is 1.57 bits per heavy atom. The van der Waals surface area contributed by atoms with Crippen LogP contribution in [0.5, 0.6) is 0 Å². The van der Waals surface area contributed by atoms with Crippen LogP contribution in [-0.2, 0) is 38.4 Å². The fourth-order valence-electron chi connectivity index (χ4n) is 0. The fourth-order valence-corrected chi connectivity index (χ4v) is 0. The Hall–Kier alpha value is 1.08. The smallest absolute Gasteiger partial charge is 0 e. The van der Waals surface area contributed by atoms with Crippen LogP contribution < -0.4 is 0 Å². The molecule has 0 heterocycles. The summed E-state index contributed by atoms with van der Waals surface area (Å²) in [5.41, 5.74) is 0. The molecule has 7 heavy (non-hydrogen) atoms. The van der Waals surface area contributed by atoms with E-state index in [0.717, 1.165) is 6.92 Å². The topological polar surface area (TPSA) is 37.3 Å². The van der Waals surface area contributed by atoms with E-state index in [1.54, 1.807) is 0 Å². The Kier molecular flexibility index (Phi) is 54.6. The van der Waals surface area contributed by atoms with E-state index in [0.29, 0.717) is 0 Å². The third kappa shape index (κ3) is 157. The van der Waals surface area contributed by atoms with Gasteiger partial charge in [-0.15, -0.1) is 0 Å². The number of hydrogen-bond donors (Lipinski definition) is 1. The summed E-state index contributed by atoms with van der Waals surface area (Å²) in [6, 6.07) is 0. The van der Waals surface area contributed by atoms with Gasteiger partial charge in [0.25, 0.3) is 5.97 Å². The first kappa shape index (κ1) is 24.3. The Balaban J connectivity index is -0.0000000150. The molecular formula is C2H5LiMnNiO2. The molecule has 0 aliphatic heterocycles. The first-order valence-electron chi connectivity index (χ1n) is 0.928. The minimum Gasteiger partial charge on any atom is 0 e. The van der Waals surface area contributed by atoms with Crippen molar-refractivity contribution in [3.05, 3.63) is 0 Å². The molecule has 1 radical (unpaired) electrons. The third-order valence-electron chi connectivity index (χ3n) is 0. The van der Waals surface area contributed by atoms with Gasteiger partial charge >= 0.3 is 18.9 Å².